The largest absolute Gasteiger partial charge is 0.0654 e. The van der Waals surface area contributed by atoms with Crippen molar-refractivity contribution in [3.05, 3.63) is 69.8 Å². The summed E-state index contributed by atoms with van der Waals surface area (Å²) in [4.78, 5) is 0. The van der Waals surface area contributed by atoms with E-state index in [1.165, 1.54) is 100 Å². The molecule has 0 spiro atoms. The van der Waals surface area contributed by atoms with Crippen LogP contribution in [-0.2, 0) is 24.7 Å². The van der Waals surface area contributed by atoms with Gasteiger partial charge in [0.05, 0.1) is 0 Å². The summed E-state index contributed by atoms with van der Waals surface area (Å²) in [6.07, 6.45) is 20.1. The Morgan fingerprint density at radius 1 is 0.656 bits per heavy atom. The molecular formula is C32H48. The Morgan fingerprint density at radius 2 is 1.28 bits per heavy atom. The van der Waals surface area contributed by atoms with Crippen molar-refractivity contribution in [2.45, 2.75) is 129 Å². The van der Waals surface area contributed by atoms with E-state index in [1.807, 2.05) is 0 Å². The van der Waals surface area contributed by atoms with Crippen molar-refractivity contribution in [3.63, 3.8) is 0 Å². The van der Waals surface area contributed by atoms with Crippen LogP contribution in [0.4, 0.5) is 0 Å². The van der Waals surface area contributed by atoms with Gasteiger partial charge in [0, 0.05) is 0 Å². The Morgan fingerprint density at radius 3 is 1.91 bits per heavy atom. The Kier molecular flexibility index (Phi) is 9.89. The van der Waals surface area contributed by atoms with E-state index in [1.54, 1.807) is 16.7 Å². The minimum Gasteiger partial charge on any atom is -0.0654 e. The SMILES string of the molecule is CCCCCc1ccc(CCc2ccc(C3(CCCCC)CCCCC3)c(C)c2)cc1C. The predicted molar refractivity (Wildman–Crippen MR) is 142 cm³/mol. The van der Waals surface area contributed by atoms with Crippen LogP contribution < -0.4 is 0 Å². The van der Waals surface area contributed by atoms with Crippen molar-refractivity contribution in [2.24, 2.45) is 0 Å². The molecule has 2 aromatic carbocycles. The van der Waals surface area contributed by atoms with E-state index in [0.717, 1.165) is 12.8 Å². The van der Waals surface area contributed by atoms with Crippen LogP contribution in [0.15, 0.2) is 36.4 Å². The molecule has 0 radical (unpaired) electrons. The zero-order chi connectivity index (χ0) is 22.8. The molecule has 0 nitrogen and oxygen atoms in total. The summed E-state index contributed by atoms with van der Waals surface area (Å²) >= 11 is 0. The maximum absolute atomic E-state index is 2.52. The van der Waals surface area contributed by atoms with Gasteiger partial charge in [0.2, 0.25) is 0 Å². The lowest BCUT2D eigenvalue weighted by atomic mass is 9.65. The van der Waals surface area contributed by atoms with Crippen LogP contribution in [0.25, 0.3) is 0 Å². The smallest absolute Gasteiger partial charge is 0.00443 e. The highest BCUT2D eigenvalue weighted by Crippen LogP contribution is 2.44. The third-order valence-electron chi connectivity index (χ3n) is 8.09. The number of hydrogen-bond donors (Lipinski definition) is 0. The second kappa shape index (κ2) is 12.6. The fourth-order valence-corrected chi connectivity index (χ4v) is 6.12. The van der Waals surface area contributed by atoms with Crippen LogP contribution >= 0.6 is 0 Å². The molecule has 0 N–H and O–H groups in total. The van der Waals surface area contributed by atoms with Crippen molar-refractivity contribution in [1.29, 1.82) is 0 Å². The maximum atomic E-state index is 2.52. The number of rotatable bonds is 12. The predicted octanol–water partition coefficient (Wildman–Crippen LogP) is 9.60. The van der Waals surface area contributed by atoms with E-state index in [-0.39, 0.29) is 0 Å². The highest BCUT2D eigenvalue weighted by molar-refractivity contribution is 5.38. The zero-order valence-electron chi connectivity index (χ0n) is 21.6. The standard InChI is InChI=1S/C32H48/c1-5-7-10-14-30-19-17-28(24-26(30)3)15-16-29-18-20-31(27(4)25-29)32(21-11-8-6-2)22-12-9-13-23-32/h17-20,24-25H,5-16,21-23H2,1-4H3. The Hall–Kier alpha value is -1.56. The quantitative estimate of drug-likeness (QED) is 0.293. The average molecular weight is 433 g/mol. The molecular weight excluding hydrogens is 384 g/mol. The molecule has 0 heteroatoms. The van der Waals surface area contributed by atoms with Gasteiger partial charge >= 0.3 is 0 Å². The van der Waals surface area contributed by atoms with Crippen LogP contribution in [0.3, 0.4) is 0 Å². The highest BCUT2D eigenvalue weighted by atomic mass is 14.4. The van der Waals surface area contributed by atoms with E-state index in [0.29, 0.717) is 5.41 Å². The van der Waals surface area contributed by atoms with E-state index >= 15 is 0 Å². The summed E-state index contributed by atoms with van der Waals surface area (Å²) in [6, 6.07) is 14.7. The Bertz CT molecular complexity index is 822. The molecule has 1 aliphatic rings. The lowest BCUT2D eigenvalue weighted by Crippen LogP contribution is -2.30. The van der Waals surface area contributed by atoms with Crippen LogP contribution in [0.2, 0.25) is 0 Å². The van der Waals surface area contributed by atoms with Gasteiger partial charge in [-0.15, -0.1) is 0 Å². The fraction of sp³-hybridized carbons (Fsp3) is 0.625. The van der Waals surface area contributed by atoms with Gasteiger partial charge in [-0.3, -0.25) is 0 Å². The summed E-state index contributed by atoms with van der Waals surface area (Å²) in [6.45, 7) is 9.29. The molecule has 176 valence electrons. The second-order valence-corrected chi connectivity index (χ2v) is 10.7. The topological polar surface area (TPSA) is 0 Å². The van der Waals surface area contributed by atoms with Gasteiger partial charge in [0.15, 0.2) is 0 Å². The summed E-state index contributed by atoms with van der Waals surface area (Å²) < 4.78 is 0. The van der Waals surface area contributed by atoms with Gasteiger partial charge in [-0.05, 0) is 97.6 Å². The first kappa shape index (κ1) is 25.1. The Labute approximate surface area is 199 Å². The lowest BCUT2D eigenvalue weighted by molar-refractivity contribution is 0.265. The van der Waals surface area contributed by atoms with E-state index in [4.69, 9.17) is 0 Å². The molecule has 1 fully saturated rings. The van der Waals surface area contributed by atoms with Crippen LogP contribution in [0.1, 0.15) is 124 Å². The third-order valence-corrected chi connectivity index (χ3v) is 8.09. The van der Waals surface area contributed by atoms with E-state index in [2.05, 4.69) is 64.1 Å². The molecule has 0 heterocycles. The summed E-state index contributed by atoms with van der Waals surface area (Å²) in [5.41, 5.74) is 9.70. The van der Waals surface area contributed by atoms with E-state index in [9.17, 15) is 0 Å². The van der Waals surface area contributed by atoms with Crippen LogP contribution in [0, 0.1) is 13.8 Å². The normalized spacial score (nSPS) is 15.8. The first-order chi connectivity index (χ1) is 15.6. The highest BCUT2D eigenvalue weighted by Gasteiger charge is 2.34. The first-order valence-corrected chi connectivity index (χ1v) is 13.8. The molecule has 1 aliphatic carbocycles. The van der Waals surface area contributed by atoms with Gasteiger partial charge in [-0.25, -0.2) is 0 Å². The minimum absolute atomic E-state index is 0.459. The monoisotopic (exact) mass is 432 g/mol. The van der Waals surface area contributed by atoms with Crippen molar-refractivity contribution >= 4 is 0 Å². The second-order valence-electron chi connectivity index (χ2n) is 10.7. The maximum Gasteiger partial charge on any atom is -0.00443 e. The lowest BCUT2D eigenvalue weighted by Gasteiger charge is -2.39. The first-order valence-electron chi connectivity index (χ1n) is 13.8. The Balaban J connectivity index is 1.65. The van der Waals surface area contributed by atoms with Gasteiger partial charge in [-0.1, -0.05) is 102 Å². The molecule has 3 rings (SSSR count). The van der Waals surface area contributed by atoms with Gasteiger partial charge in [-0.2, -0.15) is 0 Å². The molecule has 0 saturated heterocycles. The van der Waals surface area contributed by atoms with Gasteiger partial charge < -0.3 is 0 Å². The van der Waals surface area contributed by atoms with Crippen LogP contribution in [0.5, 0.6) is 0 Å². The minimum atomic E-state index is 0.459. The van der Waals surface area contributed by atoms with Gasteiger partial charge in [0.25, 0.3) is 0 Å². The molecule has 0 amide bonds. The third kappa shape index (κ3) is 6.72. The summed E-state index contributed by atoms with van der Waals surface area (Å²) in [7, 11) is 0. The van der Waals surface area contributed by atoms with Crippen LogP contribution in [-0.4, -0.2) is 0 Å². The molecule has 0 unspecified atom stereocenters. The number of unbranched alkanes of at least 4 members (excludes halogenated alkanes) is 4. The van der Waals surface area contributed by atoms with E-state index < -0.39 is 0 Å². The fourth-order valence-electron chi connectivity index (χ4n) is 6.12. The molecule has 0 aromatic heterocycles. The zero-order valence-corrected chi connectivity index (χ0v) is 21.6. The number of hydrogen-bond acceptors (Lipinski definition) is 0. The summed E-state index contributed by atoms with van der Waals surface area (Å²) in [5, 5.41) is 0. The van der Waals surface area contributed by atoms with Crippen molar-refractivity contribution < 1.29 is 0 Å². The molecule has 0 aliphatic heterocycles. The average Bonchev–Trinajstić information content (AvgIpc) is 2.80. The summed E-state index contributed by atoms with van der Waals surface area (Å²) in [5.74, 6) is 0. The number of benzene rings is 2. The van der Waals surface area contributed by atoms with Crippen molar-refractivity contribution in [1.82, 2.24) is 0 Å². The molecule has 1 saturated carbocycles. The van der Waals surface area contributed by atoms with Crippen molar-refractivity contribution in [2.75, 3.05) is 0 Å². The molecule has 32 heavy (non-hydrogen) atoms. The number of aryl methyl sites for hydroxylation is 5. The molecule has 2 aromatic rings. The molecule has 0 bridgehead atoms. The molecule has 0 atom stereocenters. The van der Waals surface area contributed by atoms with Crippen molar-refractivity contribution in [3.8, 4) is 0 Å². The van der Waals surface area contributed by atoms with Gasteiger partial charge in [0.1, 0.15) is 0 Å².